The van der Waals surface area contributed by atoms with Crippen LogP contribution in [0.15, 0.2) is 10.3 Å². The fourth-order valence-corrected chi connectivity index (χ4v) is 4.09. The highest BCUT2D eigenvalue weighted by Crippen LogP contribution is 2.26. The van der Waals surface area contributed by atoms with Crippen molar-refractivity contribution >= 4 is 27.3 Å². The Morgan fingerprint density at radius 2 is 2.28 bits per heavy atom. The molecule has 0 aromatic carbocycles. The first kappa shape index (κ1) is 14.7. The second-order valence-electron chi connectivity index (χ2n) is 3.59. The van der Waals surface area contributed by atoms with Crippen LogP contribution >= 0.6 is 11.3 Å². The van der Waals surface area contributed by atoms with Crippen LogP contribution in [0.25, 0.3) is 0 Å². The number of sulfonamides is 1. The summed E-state index contributed by atoms with van der Waals surface area (Å²) in [7, 11) is -3.79. The minimum absolute atomic E-state index is 0.152. The van der Waals surface area contributed by atoms with E-state index in [4.69, 9.17) is 11.5 Å². The number of carbonyl (C=O) groups is 1. The van der Waals surface area contributed by atoms with Crippen LogP contribution in [0, 0.1) is 19.3 Å². The van der Waals surface area contributed by atoms with E-state index >= 15 is 0 Å². The number of nitrogens with one attached hydrogen (secondary N) is 1. The molecule has 1 aromatic rings. The van der Waals surface area contributed by atoms with Crippen molar-refractivity contribution < 1.29 is 18.3 Å². The summed E-state index contributed by atoms with van der Waals surface area (Å²) in [6.07, 6.45) is 6.04. The lowest BCUT2D eigenvalue weighted by molar-refractivity contribution is 0.0698. The number of carboxylic acids is 1. The third kappa shape index (κ3) is 3.32. The average Bonchev–Trinajstić information content (AvgIpc) is 2.67. The Hall–Kier alpha value is -1.36. The first-order chi connectivity index (χ1) is 8.40. The van der Waals surface area contributed by atoms with E-state index < -0.39 is 16.0 Å². The largest absolute Gasteiger partial charge is 0.477 e. The van der Waals surface area contributed by atoms with Crippen molar-refractivity contribution in [3.8, 4) is 12.3 Å². The van der Waals surface area contributed by atoms with Crippen LogP contribution in [0.1, 0.15) is 28.1 Å². The van der Waals surface area contributed by atoms with Gasteiger partial charge < -0.3 is 5.11 Å². The molecule has 0 aliphatic carbocycles. The van der Waals surface area contributed by atoms with Crippen LogP contribution in [0.2, 0.25) is 0 Å². The van der Waals surface area contributed by atoms with E-state index in [1.54, 1.807) is 6.92 Å². The molecule has 5 nitrogen and oxygen atoms in total. The molecule has 0 spiro atoms. The van der Waals surface area contributed by atoms with Crippen molar-refractivity contribution in [2.75, 3.05) is 6.54 Å². The molecule has 0 atom stereocenters. The molecule has 0 aliphatic rings. The highest BCUT2D eigenvalue weighted by atomic mass is 32.2. The van der Waals surface area contributed by atoms with Gasteiger partial charge in [0.25, 0.3) is 0 Å². The molecule has 0 amide bonds. The molecular weight excluding hydrogens is 274 g/mol. The zero-order valence-corrected chi connectivity index (χ0v) is 11.4. The number of terminal acetylenes is 1. The Bertz CT molecular complexity index is 581. The van der Waals surface area contributed by atoms with Crippen LogP contribution in [-0.4, -0.2) is 26.0 Å². The van der Waals surface area contributed by atoms with Gasteiger partial charge >= 0.3 is 5.97 Å². The molecule has 1 heterocycles. The van der Waals surface area contributed by atoms with Crippen molar-refractivity contribution in [2.45, 2.75) is 24.7 Å². The normalized spacial score (nSPS) is 11.1. The van der Waals surface area contributed by atoms with E-state index in [0.29, 0.717) is 18.4 Å². The third-order valence-electron chi connectivity index (χ3n) is 2.17. The third-order valence-corrected chi connectivity index (χ3v) is 5.03. The maximum absolute atomic E-state index is 12.0. The zero-order valence-electron chi connectivity index (χ0n) is 9.76. The second-order valence-corrected chi connectivity index (χ2v) is 6.17. The van der Waals surface area contributed by atoms with Gasteiger partial charge in [-0.15, -0.1) is 23.7 Å². The molecule has 0 unspecified atom stereocenters. The van der Waals surface area contributed by atoms with Crippen LogP contribution in [0.3, 0.4) is 0 Å². The number of thiophene rings is 1. The highest BCUT2D eigenvalue weighted by Gasteiger charge is 2.26. The standard InChI is InChI=1S/C11H13NO4S2/c1-3-4-5-6-12-18(15,16)10-8(2)7-17-9(10)11(13)14/h1,7,12H,4-6H2,2H3,(H,13,14). The maximum atomic E-state index is 12.0. The Balaban J connectivity index is 2.95. The summed E-state index contributed by atoms with van der Waals surface area (Å²) in [5.74, 6) is 1.16. The minimum Gasteiger partial charge on any atom is -0.477 e. The number of aryl methyl sites for hydroxylation is 1. The monoisotopic (exact) mass is 287 g/mol. The number of rotatable bonds is 6. The van der Waals surface area contributed by atoms with Crippen molar-refractivity contribution in [3.05, 3.63) is 15.8 Å². The van der Waals surface area contributed by atoms with Gasteiger partial charge in [-0.3, -0.25) is 0 Å². The Morgan fingerprint density at radius 3 is 2.83 bits per heavy atom. The summed E-state index contributed by atoms with van der Waals surface area (Å²) in [5, 5.41) is 10.5. The molecule has 0 aliphatic heterocycles. The summed E-state index contributed by atoms with van der Waals surface area (Å²) >= 11 is 0.904. The van der Waals surface area contributed by atoms with Gasteiger partial charge in [-0.25, -0.2) is 17.9 Å². The van der Waals surface area contributed by atoms with E-state index in [-0.39, 0.29) is 16.3 Å². The molecule has 0 radical (unpaired) electrons. The van der Waals surface area contributed by atoms with Crippen molar-refractivity contribution in [1.82, 2.24) is 4.72 Å². The Labute approximate surface area is 110 Å². The van der Waals surface area contributed by atoms with Gasteiger partial charge in [0, 0.05) is 13.0 Å². The molecule has 0 fully saturated rings. The van der Waals surface area contributed by atoms with Gasteiger partial charge in [-0.2, -0.15) is 0 Å². The number of hydrogen-bond donors (Lipinski definition) is 2. The molecule has 0 saturated heterocycles. The van der Waals surface area contributed by atoms with Crippen molar-refractivity contribution in [1.29, 1.82) is 0 Å². The summed E-state index contributed by atoms with van der Waals surface area (Å²) < 4.78 is 26.3. The molecule has 0 saturated carbocycles. The number of unbranched alkanes of at least 4 members (excludes halogenated alkanes) is 1. The molecule has 1 rings (SSSR count). The lowest BCUT2D eigenvalue weighted by Crippen LogP contribution is -2.26. The van der Waals surface area contributed by atoms with E-state index in [2.05, 4.69) is 10.6 Å². The number of carboxylic acid groups (broad SMARTS) is 1. The Morgan fingerprint density at radius 1 is 1.61 bits per heavy atom. The zero-order chi connectivity index (χ0) is 13.8. The molecule has 2 N–H and O–H groups in total. The van der Waals surface area contributed by atoms with Gasteiger partial charge in [0.2, 0.25) is 10.0 Å². The van der Waals surface area contributed by atoms with Crippen LogP contribution < -0.4 is 4.72 Å². The average molecular weight is 287 g/mol. The van der Waals surface area contributed by atoms with Gasteiger partial charge in [0.05, 0.1) is 0 Å². The molecule has 98 valence electrons. The van der Waals surface area contributed by atoms with E-state index in [1.165, 1.54) is 5.38 Å². The van der Waals surface area contributed by atoms with Crippen LogP contribution in [-0.2, 0) is 10.0 Å². The maximum Gasteiger partial charge on any atom is 0.347 e. The smallest absolute Gasteiger partial charge is 0.347 e. The van der Waals surface area contributed by atoms with E-state index in [9.17, 15) is 13.2 Å². The molecule has 0 bridgehead atoms. The fourth-order valence-electron chi connectivity index (χ4n) is 1.38. The first-order valence-electron chi connectivity index (χ1n) is 5.14. The van der Waals surface area contributed by atoms with Crippen LogP contribution in [0.5, 0.6) is 0 Å². The molecule has 7 heteroatoms. The molecular formula is C11H13NO4S2. The second kappa shape index (κ2) is 6.00. The lowest BCUT2D eigenvalue weighted by Gasteiger charge is -2.06. The van der Waals surface area contributed by atoms with Crippen LogP contribution in [0.4, 0.5) is 0 Å². The summed E-state index contributed by atoms with van der Waals surface area (Å²) in [4.78, 5) is 10.6. The number of hydrogen-bond acceptors (Lipinski definition) is 4. The van der Waals surface area contributed by atoms with Gasteiger partial charge in [-0.05, 0) is 24.3 Å². The van der Waals surface area contributed by atoms with E-state index in [0.717, 1.165) is 11.3 Å². The summed E-state index contributed by atoms with van der Waals surface area (Å²) in [6, 6.07) is 0. The molecule has 1 aromatic heterocycles. The lowest BCUT2D eigenvalue weighted by atomic mass is 10.3. The van der Waals surface area contributed by atoms with Crippen molar-refractivity contribution in [2.24, 2.45) is 0 Å². The number of aromatic carboxylic acids is 1. The SMILES string of the molecule is C#CCCCNS(=O)(=O)c1c(C)csc1C(=O)O. The van der Waals surface area contributed by atoms with Crippen molar-refractivity contribution in [3.63, 3.8) is 0 Å². The highest BCUT2D eigenvalue weighted by molar-refractivity contribution is 7.89. The summed E-state index contributed by atoms with van der Waals surface area (Å²) in [6.45, 7) is 1.76. The fraction of sp³-hybridized carbons (Fsp3) is 0.364. The summed E-state index contributed by atoms with van der Waals surface area (Å²) in [5.41, 5.74) is 0.432. The Kier molecular flexibility index (Phi) is 4.90. The van der Waals surface area contributed by atoms with E-state index in [1.807, 2.05) is 0 Å². The molecule has 18 heavy (non-hydrogen) atoms. The van der Waals surface area contributed by atoms with Gasteiger partial charge in [-0.1, -0.05) is 0 Å². The van der Waals surface area contributed by atoms with Gasteiger partial charge in [0.15, 0.2) is 0 Å². The predicted octanol–water partition coefficient (Wildman–Crippen LogP) is 1.45. The van der Waals surface area contributed by atoms with Gasteiger partial charge in [0.1, 0.15) is 9.77 Å². The minimum atomic E-state index is -3.79. The quantitative estimate of drug-likeness (QED) is 0.612. The topological polar surface area (TPSA) is 83.5 Å². The first-order valence-corrected chi connectivity index (χ1v) is 7.51. The predicted molar refractivity (Wildman–Crippen MR) is 69.3 cm³/mol.